The number of benzene rings is 2. The van der Waals surface area contributed by atoms with E-state index in [1.54, 1.807) is 10.3 Å². The number of carbonyl (C=O) groups is 1. The maximum absolute atomic E-state index is 12.4. The molecule has 3 heterocycles. The summed E-state index contributed by atoms with van der Waals surface area (Å²) in [5.41, 5.74) is 8.79. The molecule has 0 saturated carbocycles. The Labute approximate surface area is 254 Å². The van der Waals surface area contributed by atoms with Gasteiger partial charge in [-0.2, -0.15) is 0 Å². The highest BCUT2D eigenvalue weighted by molar-refractivity contribution is 7.14. The van der Waals surface area contributed by atoms with Crippen LogP contribution in [-0.2, 0) is 4.43 Å². The zero-order chi connectivity index (χ0) is 30.2. The van der Waals surface area contributed by atoms with Crippen molar-refractivity contribution in [3.05, 3.63) is 82.2 Å². The second kappa shape index (κ2) is 14.3. The molecule has 1 amide bonds. The van der Waals surface area contributed by atoms with Gasteiger partial charge in [0.05, 0.1) is 6.10 Å². The summed E-state index contributed by atoms with van der Waals surface area (Å²) in [5, 5.41) is 12.3. The van der Waals surface area contributed by atoms with Gasteiger partial charge in [0.25, 0.3) is 14.2 Å². The molecule has 0 bridgehead atoms. The lowest BCUT2D eigenvalue weighted by molar-refractivity contribution is 0.0706. The van der Waals surface area contributed by atoms with Gasteiger partial charge in [0.1, 0.15) is 5.69 Å². The number of thiazole rings is 1. The fourth-order valence-electron chi connectivity index (χ4n) is 5.24. The predicted molar refractivity (Wildman–Crippen MR) is 174 cm³/mol. The van der Waals surface area contributed by atoms with Crippen LogP contribution in [0, 0.1) is 0 Å². The molecule has 1 aromatic heterocycles. The van der Waals surface area contributed by atoms with Gasteiger partial charge in [0.2, 0.25) is 0 Å². The lowest BCUT2D eigenvalue weighted by atomic mass is 10.2. The summed E-state index contributed by atoms with van der Waals surface area (Å²) in [7, 11) is -2.32. The number of anilines is 1. The van der Waals surface area contributed by atoms with E-state index >= 15 is 0 Å². The van der Waals surface area contributed by atoms with E-state index in [2.05, 4.69) is 107 Å². The first-order valence-corrected chi connectivity index (χ1v) is 17.5. The summed E-state index contributed by atoms with van der Waals surface area (Å²) in [4.78, 5) is 23.4. The molecule has 0 spiro atoms. The monoisotopic (exact) mass is 605 g/mol. The summed E-state index contributed by atoms with van der Waals surface area (Å²) in [5.74, 6) is -0.101. The number of hydrogen-bond acceptors (Lipinski definition) is 7. The molecule has 9 nitrogen and oxygen atoms in total. The zero-order valence-electron chi connectivity index (χ0n) is 25.4. The van der Waals surface area contributed by atoms with Crippen molar-refractivity contribution in [2.75, 3.05) is 44.2 Å². The number of carbonyl (C=O) groups excluding carboxylic acids is 1. The highest BCUT2D eigenvalue weighted by Gasteiger charge is 2.51. The Kier molecular flexibility index (Phi) is 10.8. The Balaban J connectivity index is 0.000000194. The second-order valence-corrected chi connectivity index (χ2v) is 17.1. The standard InChI is InChI=1S/C19H25NOSi.C12H18N6OS/c1-19(2,3)22(21-16-14-20-15-16,17-10-6-4-7-11-17)18-12-8-5-9-13-18;1-9(2)18(7-4-14-16-13)11(19)10-8-20-12(15-10)17-5-3-6-17/h4-13,16,20H,14-15H2,1-3H3;8-9H,3-7H2,1-2H3. The molecular formula is C31H43N7O2SSi. The first kappa shape index (κ1) is 31.7. The SMILES string of the molecule is CC(C)(C)[Si](OC1CNC1)(c1ccccc1)c1ccccc1.CC(C)N(CCN=[N+]=[N-])C(=O)c1csc(N2CCC2)n1. The highest BCUT2D eigenvalue weighted by Crippen LogP contribution is 2.37. The summed E-state index contributed by atoms with van der Waals surface area (Å²) in [6.07, 6.45) is 1.51. The molecule has 3 aromatic rings. The van der Waals surface area contributed by atoms with Crippen LogP contribution in [-0.4, -0.2) is 75.5 Å². The predicted octanol–water partition coefficient (Wildman–Crippen LogP) is 5.05. The second-order valence-electron chi connectivity index (χ2n) is 12.0. The molecule has 2 saturated heterocycles. The number of nitrogens with one attached hydrogen (secondary N) is 1. The first-order valence-electron chi connectivity index (χ1n) is 14.7. The van der Waals surface area contributed by atoms with Crippen molar-refractivity contribution < 1.29 is 9.22 Å². The third-order valence-electron chi connectivity index (χ3n) is 7.73. The van der Waals surface area contributed by atoms with E-state index in [0.717, 1.165) is 31.3 Å². The Morgan fingerprint density at radius 2 is 1.74 bits per heavy atom. The van der Waals surface area contributed by atoms with Gasteiger partial charge >= 0.3 is 0 Å². The number of rotatable bonds is 10. The lowest BCUT2D eigenvalue weighted by Crippen LogP contribution is -2.70. The maximum atomic E-state index is 12.4. The van der Waals surface area contributed by atoms with E-state index in [-0.39, 0.29) is 23.5 Å². The van der Waals surface area contributed by atoms with Crippen molar-refractivity contribution in [2.45, 2.75) is 58.2 Å². The van der Waals surface area contributed by atoms with Crippen LogP contribution in [0.5, 0.6) is 0 Å². The van der Waals surface area contributed by atoms with Crippen LogP contribution >= 0.6 is 11.3 Å². The minimum absolute atomic E-state index is 0.0468. The Morgan fingerprint density at radius 1 is 1.14 bits per heavy atom. The van der Waals surface area contributed by atoms with Gasteiger partial charge in [0.15, 0.2) is 5.13 Å². The Morgan fingerprint density at radius 3 is 2.17 bits per heavy atom. The van der Waals surface area contributed by atoms with Crippen molar-refractivity contribution in [2.24, 2.45) is 5.11 Å². The molecule has 2 aromatic carbocycles. The quantitative estimate of drug-likeness (QED) is 0.151. The third-order valence-corrected chi connectivity index (χ3v) is 13.7. The van der Waals surface area contributed by atoms with E-state index in [1.807, 2.05) is 13.8 Å². The molecule has 0 atom stereocenters. The smallest absolute Gasteiger partial charge is 0.273 e. The number of aromatic nitrogens is 1. The maximum Gasteiger partial charge on any atom is 0.273 e. The fourth-order valence-corrected chi connectivity index (χ4v) is 10.8. The molecule has 2 aliphatic rings. The van der Waals surface area contributed by atoms with Gasteiger partial charge < -0.3 is 19.5 Å². The van der Waals surface area contributed by atoms with Crippen LogP contribution in [0.3, 0.4) is 0 Å². The number of nitrogens with zero attached hydrogens (tertiary/aromatic N) is 6. The molecular weight excluding hydrogens is 563 g/mol. The minimum atomic E-state index is -2.32. The minimum Gasteiger partial charge on any atom is -0.402 e. The van der Waals surface area contributed by atoms with E-state index < -0.39 is 8.32 Å². The van der Waals surface area contributed by atoms with Gasteiger partial charge in [-0.25, -0.2) is 4.98 Å². The van der Waals surface area contributed by atoms with E-state index in [0.29, 0.717) is 18.3 Å². The molecule has 1 N–H and O–H groups in total. The normalized spacial score (nSPS) is 15.1. The van der Waals surface area contributed by atoms with Crippen LogP contribution in [0.1, 0.15) is 51.5 Å². The van der Waals surface area contributed by atoms with E-state index in [9.17, 15) is 4.79 Å². The van der Waals surface area contributed by atoms with Crippen LogP contribution in [0.4, 0.5) is 5.13 Å². The fraction of sp³-hybridized carbons (Fsp3) is 0.484. The highest BCUT2D eigenvalue weighted by atomic mass is 32.1. The lowest BCUT2D eigenvalue weighted by Gasteiger charge is -2.47. The molecule has 0 unspecified atom stereocenters. The van der Waals surface area contributed by atoms with Crippen molar-refractivity contribution in [3.8, 4) is 0 Å². The van der Waals surface area contributed by atoms with Gasteiger partial charge in [-0.3, -0.25) is 4.79 Å². The Hall–Kier alpha value is -3.21. The molecule has 0 aliphatic carbocycles. The third kappa shape index (κ3) is 7.22. The molecule has 2 fully saturated rings. The molecule has 42 heavy (non-hydrogen) atoms. The summed E-state index contributed by atoms with van der Waals surface area (Å²) in [6, 6.07) is 21.7. The van der Waals surface area contributed by atoms with Crippen LogP contribution in [0.25, 0.3) is 10.4 Å². The Bertz CT molecular complexity index is 1290. The molecule has 224 valence electrons. The zero-order valence-corrected chi connectivity index (χ0v) is 27.2. The van der Waals surface area contributed by atoms with Crippen molar-refractivity contribution in [1.29, 1.82) is 0 Å². The van der Waals surface area contributed by atoms with Crippen molar-refractivity contribution >= 4 is 41.1 Å². The van der Waals surface area contributed by atoms with Crippen molar-refractivity contribution in [1.82, 2.24) is 15.2 Å². The molecule has 2 aliphatic heterocycles. The van der Waals surface area contributed by atoms with Crippen molar-refractivity contribution in [3.63, 3.8) is 0 Å². The van der Waals surface area contributed by atoms with Gasteiger partial charge in [-0.1, -0.05) is 86.5 Å². The number of hydrogen-bond donors (Lipinski definition) is 1. The number of azide groups is 1. The van der Waals surface area contributed by atoms with Gasteiger partial charge in [0, 0.05) is 55.6 Å². The van der Waals surface area contributed by atoms with Gasteiger partial charge in [-0.15, -0.1) is 11.3 Å². The van der Waals surface area contributed by atoms with Crippen LogP contribution in [0.2, 0.25) is 5.04 Å². The molecule has 0 radical (unpaired) electrons. The van der Waals surface area contributed by atoms with E-state index in [4.69, 9.17) is 9.96 Å². The summed E-state index contributed by atoms with van der Waals surface area (Å²) in [6.45, 7) is 15.5. The summed E-state index contributed by atoms with van der Waals surface area (Å²) >= 11 is 1.50. The largest absolute Gasteiger partial charge is 0.402 e. The van der Waals surface area contributed by atoms with E-state index in [1.165, 1.54) is 28.1 Å². The average molecular weight is 606 g/mol. The van der Waals surface area contributed by atoms with Crippen LogP contribution in [0.15, 0.2) is 71.2 Å². The molecule has 11 heteroatoms. The van der Waals surface area contributed by atoms with Gasteiger partial charge in [-0.05, 0) is 41.2 Å². The topological polar surface area (TPSA) is 106 Å². The summed E-state index contributed by atoms with van der Waals surface area (Å²) < 4.78 is 6.89. The average Bonchev–Trinajstić information content (AvgIpc) is 3.39. The first-order chi connectivity index (χ1) is 20.2. The van der Waals surface area contributed by atoms with Crippen LogP contribution < -0.4 is 20.6 Å². The molecule has 5 rings (SSSR count). The number of amides is 1.